The summed E-state index contributed by atoms with van der Waals surface area (Å²) in [6.45, 7) is 2.15. The maximum Gasteiger partial charge on any atom is 0.298 e. The average Bonchev–Trinajstić information content (AvgIpc) is 2.43. The summed E-state index contributed by atoms with van der Waals surface area (Å²) in [5.74, 6) is -1.14. The van der Waals surface area contributed by atoms with Gasteiger partial charge in [0.2, 0.25) is 0 Å². The van der Waals surface area contributed by atoms with Gasteiger partial charge in [-0.15, -0.1) is 0 Å². The Morgan fingerprint density at radius 2 is 1.95 bits per heavy atom. The van der Waals surface area contributed by atoms with Gasteiger partial charge in [-0.3, -0.25) is 10.1 Å². The molecule has 0 bridgehead atoms. The molecule has 0 atom stereocenters. The fraction of sp³-hybridized carbons (Fsp3) is 0.600. The van der Waals surface area contributed by atoms with E-state index in [4.69, 9.17) is 0 Å². The summed E-state index contributed by atoms with van der Waals surface area (Å²) in [5, 5.41) is 13.8. The smallest absolute Gasteiger partial charge is 0.298 e. The van der Waals surface area contributed by atoms with Crippen molar-refractivity contribution in [3.05, 3.63) is 33.9 Å². The van der Waals surface area contributed by atoms with Crippen LogP contribution in [0.1, 0.15) is 45.4 Å². The number of hydrogen-bond donors (Lipinski definition) is 1. The lowest BCUT2D eigenvalue weighted by atomic mass is 9.83. The van der Waals surface area contributed by atoms with Gasteiger partial charge in [0.25, 0.3) is 5.69 Å². The Morgan fingerprint density at radius 3 is 2.52 bits per heavy atom. The standard InChI is InChI=1S/C15H20F2N2O2/c1-2-3-10-4-6-12(7-5-10)18-15-13(17)8-11(16)9-14(15)19(20)21/h8-10,12,18H,2-7H2,1H3. The molecular weight excluding hydrogens is 278 g/mol. The second kappa shape index (κ2) is 6.83. The fourth-order valence-electron chi connectivity index (χ4n) is 3.05. The number of hydrogen-bond acceptors (Lipinski definition) is 3. The molecule has 1 aliphatic carbocycles. The molecule has 1 aromatic carbocycles. The Labute approximate surface area is 122 Å². The van der Waals surface area contributed by atoms with Gasteiger partial charge >= 0.3 is 0 Å². The molecule has 1 aromatic rings. The van der Waals surface area contributed by atoms with E-state index in [-0.39, 0.29) is 11.7 Å². The van der Waals surface area contributed by atoms with Crippen LogP contribution in [0.3, 0.4) is 0 Å². The topological polar surface area (TPSA) is 55.2 Å². The van der Waals surface area contributed by atoms with Crippen molar-refractivity contribution in [2.24, 2.45) is 5.92 Å². The normalized spacial score (nSPS) is 22.0. The Balaban J connectivity index is 2.08. The monoisotopic (exact) mass is 298 g/mol. The quantitative estimate of drug-likeness (QED) is 0.636. The van der Waals surface area contributed by atoms with E-state index < -0.39 is 22.2 Å². The van der Waals surface area contributed by atoms with Crippen LogP contribution >= 0.6 is 0 Å². The van der Waals surface area contributed by atoms with Gasteiger partial charge in [0.05, 0.1) is 11.0 Å². The predicted octanol–water partition coefficient (Wildman–Crippen LogP) is 4.64. The van der Waals surface area contributed by atoms with Crippen LogP contribution in [0.25, 0.3) is 0 Å². The molecule has 1 aliphatic rings. The maximum atomic E-state index is 13.8. The van der Waals surface area contributed by atoms with Crippen LogP contribution in [-0.4, -0.2) is 11.0 Å². The van der Waals surface area contributed by atoms with E-state index in [0.717, 1.165) is 38.2 Å². The number of nitrogens with zero attached hydrogens (tertiary/aromatic N) is 1. The lowest BCUT2D eigenvalue weighted by Crippen LogP contribution is -2.27. The molecular formula is C15H20F2N2O2. The summed E-state index contributed by atoms with van der Waals surface area (Å²) in [5.41, 5.74) is -0.733. The first-order valence-electron chi connectivity index (χ1n) is 7.41. The fourth-order valence-corrected chi connectivity index (χ4v) is 3.05. The highest BCUT2D eigenvalue weighted by Gasteiger charge is 2.26. The van der Waals surface area contributed by atoms with Gasteiger partial charge in [0.1, 0.15) is 11.5 Å². The molecule has 1 fully saturated rings. The highest BCUT2D eigenvalue weighted by molar-refractivity contribution is 5.63. The van der Waals surface area contributed by atoms with Crippen molar-refractivity contribution >= 4 is 11.4 Å². The zero-order chi connectivity index (χ0) is 15.4. The van der Waals surface area contributed by atoms with Crippen LogP contribution in [0.15, 0.2) is 12.1 Å². The van der Waals surface area contributed by atoms with E-state index in [1.54, 1.807) is 0 Å². The SMILES string of the molecule is CCCC1CCC(Nc2c(F)cc(F)cc2[N+](=O)[O-])CC1. The molecule has 0 heterocycles. The largest absolute Gasteiger partial charge is 0.374 e. The highest BCUT2D eigenvalue weighted by atomic mass is 19.1. The van der Waals surface area contributed by atoms with Gasteiger partial charge in [-0.05, 0) is 31.6 Å². The molecule has 0 aromatic heterocycles. The van der Waals surface area contributed by atoms with Crippen molar-refractivity contribution in [2.75, 3.05) is 5.32 Å². The maximum absolute atomic E-state index is 13.8. The lowest BCUT2D eigenvalue weighted by molar-refractivity contribution is -0.384. The molecule has 1 N–H and O–H groups in total. The van der Waals surface area contributed by atoms with Crippen LogP contribution in [0.5, 0.6) is 0 Å². The molecule has 0 radical (unpaired) electrons. The van der Waals surface area contributed by atoms with Crippen molar-refractivity contribution < 1.29 is 13.7 Å². The molecule has 4 nitrogen and oxygen atoms in total. The van der Waals surface area contributed by atoms with Crippen molar-refractivity contribution in [1.82, 2.24) is 0 Å². The molecule has 0 saturated heterocycles. The third-order valence-electron chi connectivity index (χ3n) is 4.12. The minimum absolute atomic E-state index is 0.0109. The molecule has 0 aliphatic heterocycles. The summed E-state index contributed by atoms with van der Waals surface area (Å²) >= 11 is 0. The second-order valence-electron chi connectivity index (χ2n) is 5.69. The van der Waals surface area contributed by atoms with E-state index in [1.165, 1.54) is 6.42 Å². The Hall–Kier alpha value is -1.72. The molecule has 0 unspecified atom stereocenters. The van der Waals surface area contributed by atoms with Gasteiger partial charge in [-0.25, -0.2) is 8.78 Å². The van der Waals surface area contributed by atoms with Gasteiger partial charge in [0, 0.05) is 12.1 Å². The van der Waals surface area contributed by atoms with Gasteiger partial charge < -0.3 is 5.32 Å². The summed E-state index contributed by atoms with van der Waals surface area (Å²) in [7, 11) is 0. The number of benzene rings is 1. The van der Waals surface area contributed by atoms with Gasteiger partial charge in [0.15, 0.2) is 5.82 Å². The third kappa shape index (κ3) is 3.89. The van der Waals surface area contributed by atoms with E-state index in [1.807, 2.05) is 0 Å². The van der Waals surface area contributed by atoms with E-state index in [9.17, 15) is 18.9 Å². The molecule has 2 rings (SSSR count). The minimum atomic E-state index is -0.934. The number of halogens is 2. The van der Waals surface area contributed by atoms with Crippen molar-refractivity contribution in [3.8, 4) is 0 Å². The summed E-state index contributed by atoms with van der Waals surface area (Å²) < 4.78 is 26.9. The number of nitro groups is 1. The highest BCUT2D eigenvalue weighted by Crippen LogP contribution is 2.34. The minimum Gasteiger partial charge on any atom is -0.374 e. The molecule has 21 heavy (non-hydrogen) atoms. The molecule has 0 spiro atoms. The summed E-state index contributed by atoms with van der Waals surface area (Å²) in [6.07, 6.45) is 6.15. The summed E-state index contributed by atoms with van der Waals surface area (Å²) in [6, 6.07) is 1.45. The first-order valence-corrected chi connectivity index (χ1v) is 7.41. The van der Waals surface area contributed by atoms with Crippen molar-refractivity contribution in [1.29, 1.82) is 0 Å². The third-order valence-corrected chi connectivity index (χ3v) is 4.12. The first-order chi connectivity index (χ1) is 10.0. The lowest BCUT2D eigenvalue weighted by Gasteiger charge is -2.29. The van der Waals surface area contributed by atoms with Crippen LogP contribution in [0, 0.1) is 27.7 Å². The van der Waals surface area contributed by atoms with E-state index in [0.29, 0.717) is 12.0 Å². The Morgan fingerprint density at radius 1 is 1.29 bits per heavy atom. The van der Waals surface area contributed by atoms with E-state index in [2.05, 4.69) is 12.2 Å². The van der Waals surface area contributed by atoms with Crippen LogP contribution in [-0.2, 0) is 0 Å². The molecule has 116 valence electrons. The molecule has 0 amide bonds. The van der Waals surface area contributed by atoms with E-state index >= 15 is 0 Å². The Kier molecular flexibility index (Phi) is 5.09. The van der Waals surface area contributed by atoms with Gasteiger partial charge in [-0.2, -0.15) is 0 Å². The first kappa shape index (κ1) is 15.7. The number of anilines is 1. The summed E-state index contributed by atoms with van der Waals surface area (Å²) in [4.78, 5) is 10.2. The van der Waals surface area contributed by atoms with Crippen molar-refractivity contribution in [3.63, 3.8) is 0 Å². The molecule has 1 saturated carbocycles. The van der Waals surface area contributed by atoms with Crippen LogP contribution in [0.2, 0.25) is 0 Å². The van der Waals surface area contributed by atoms with Gasteiger partial charge in [-0.1, -0.05) is 19.8 Å². The number of nitrogens with one attached hydrogen (secondary N) is 1. The number of nitro benzene ring substituents is 1. The predicted molar refractivity (Wildman–Crippen MR) is 77.3 cm³/mol. The Bertz CT molecular complexity index is 515. The zero-order valence-corrected chi connectivity index (χ0v) is 12.1. The molecule has 6 heteroatoms. The van der Waals surface area contributed by atoms with Crippen LogP contribution in [0.4, 0.5) is 20.2 Å². The number of rotatable bonds is 5. The van der Waals surface area contributed by atoms with Crippen molar-refractivity contribution in [2.45, 2.75) is 51.5 Å². The zero-order valence-electron chi connectivity index (χ0n) is 12.1. The second-order valence-corrected chi connectivity index (χ2v) is 5.69. The average molecular weight is 298 g/mol. The van der Waals surface area contributed by atoms with Crippen LogP contribution < -0.4 is 5.32 Å².